The van der Waals surface area contributed by atoms with E-state index in [1.165, 1.54) is 37.4 Å². The number of hydrogen-bond acceptors (Lipinski definition) is 4. The number of nitrogens with one attached hydrogen (secondary N) is 2. The summed E-state index contributed by atoms with van der Waals surface area (Å²) in [5.74, 6) is -0.867. The largest absolute Gasteiger partial charge is 0.573 e. The minimum Gasteiger partial charge on any atom is -0.406 e. The van der Waals surface area contributed by atoms with Gasteiger partial charge in [-0.2, -0.15) is 5.10 Å². The Morgan fingerprint density at radius 1 is 1.07 bits per heavy atom. The van der Waals surface area contributed by atoms with Crippen molar-refractivity contribution in [3.05, 3.63) is 72.1 Å². The summed E-state index contributed by atoms with van der Waals surface area (Å²) in [5, 5.41) is 9.46. The van der Waals surface area contributed by atoms with Crippen LogP contribution in [0.4, 0.5) is 18.9 Å². The van der Waals surface area contributed by atoms with Crippen molar-refractivity contribution in [1.82, 2.24) is 15.1 Å². The fourth-order valence-corrected chi connectivity index (χ4v) is 2.59. The van der Waals surface area contributed by atoms with Crippen LogP contribution < -0.4 is 15.4 Å². The molecular formula is C20H17F3N4O3. The molecule has 0 aliphatic rings. The highest BCUT2D eigenvalue weighted by atomic mass is 19.4. The molecule has 0 fully saturated rings. The summed E-state index contributed by atoms with van der Waals surface area (Å²) in [5.41, 5.74) is 2.28. The zero-order chi connectivity index (χ0) is 21.7. The van der Waals surface area contributed by atoms with Gasteiger partial charge in [0.15, 0.2) is 0 Å². The van der Waals surface area contributed by atoms with Crippen molar-refractivity contribution in [2.45, 2.75) is 19.8 Å². The Hall–Kier alpha value is -3.82. The highest BCUT2D eigenvalue weighted by molar-refractivity contribution is 5.94. The zero-order valence-corrected chi connectivity index (χ0v) is 15.7. The van der Waals surface area contributed by atoms with E-state index in [0.29, 0.717) is 22.5 Å². The van der Waals surface area contributed by atoms with Crippen LogP contribution in [-0.2, 0) is 11.3 Å². The number of alkyl halides is 3. The lowest BCUT2D eigenvalue weighted by Gasteiger charge is -2.10. The van der Waals surface area contributed by atoms with Crippen LogP contribution in [0.1, 0.15) is 22.8 Å². The van der Waals surface area contributed by atoms with Gasteiger partial charge in [-0.05, 0) is 42.0 Å². The minimum atomic E-state index is -4.75. The lowest BCUT2D eigenvalue weighted by Crippen LogP contribution is -2.22. The van der Waals surface area contributed by atoms with Crippen molar-refractivity contribution in [2.75, 3.05) is 5.32 Å². The third-order valence-electron chi connectivity index (χ3n) is 3.91. The number of ether oxygens (including phenoxy) is 1. The Kier molecular flexibility index (Phi) is 6.05. The summed E-state index contributed by atoms with van der Waals surface area (Å²) < 4.78 is 41.9. The van der Waals surface area contributed by atoms with E-state index < -0.39 is 6.36 Å². The second kappa shape index (κ2) is 8.68. The number of nitrogens with zero attached hydrogens (tertiary/aromatic N) is 2. The summed E-state index contributed by atoms with van der Waals surface area (Å²) >= 11 is 0. The van der Waals surface area contributed by atoms with Gasteiger partial charge in [0.05, 0.1) is 23.8 Å². The summed E-state index contributed by atoms with van der Waals surface area (Å²) in [7, 11) is 0. The maximum atomic E-state index is 12.3. The van der Waals surface area contributed by atoms with Crippen molar-refractivity contribution in [3.63, 3.8) is 0 Å². The molecular weight excluding hydrogens is 401 g/mol. The lowest BCUT2D eigenvalue weighted by molar-refractivity contribution is -0.274. The fourth-order valence-electron chi connectivity index (χ4n) is 2.59. The van der Waals surface area contributed by atoms with Gasteiger partial charge in [-0.1, -0.05) is 12.1 Å². The van der Waals surface area contributed by atoms with Crippen LogP contribution in [0.3, 0.4) is 0 Å². The molecule has 0 radical (unpaired) electrons. The molecule has 2 amide bonds. The van der Waals surface area contributed by atoms with Crippen LogP contribution in [0.2, 0.25) is 0 Å². The molecule has 0 atom stereocenters. The SMILES string of the molecule is CC(=O)Nc1cnn(-c2ccc(C(=O)NCc3ccc(OC(F)(F)F)cc3)cc2)c1. The zero-order valence-electron chi connectivity index (χ0n) is 15.7. The second-order valence-corrected chi connectivity index (χ2v) is 6.28. The Bertz CT molecular complexity index is 1030. The molecule has 1 heterocycles. The summed E-state index contributed by atoms with van der Waals surface area (Å²) in [6.07, 6.45) is -1.60. The van der Waals surface area contributed by atoms with Crippen molar-refractivity contribution < 1.29 is 27.5 Å². The molecule has 0 unspecified atom stereocenters. The molecule has 2 aromatic carbocycles. The van der Waals surface area contributed by atoms with Crippen LogP contribution >= 0.6 is 0 Å². The highest BCUT2D eigenvalue weighted by Gasteiger charge is 2.30. The number of carbonyl (C=O) groups is 2. The molecule has 0 aliphatic heterocycles. The molecule has 3 aromatic rings. The van der Waals surface area contributed by atoms with E-state index in [-0.39, 0.29) is 24.1 Å². The molecule has 1 aromatic heterocycles. The lowest BCUT2D eigenvalue weighted by atomic mass is 10.1. The Morgan fingerprint density at radius 3 is 2.33 bits per heavy atom. The molecule has 3 rings (SSSR count). The number of hydrogen-bond donors (Lipinski definition) is 2. The van der Waals surface area contributed by atoms with Gasteiger partial charge in [-0.3, -0.25) is 9.59 Å². The molecule has 10 heteroatoms. The number of benzene rings is 2. The number of halogens is 3. The van der Waals surface area contributed by atoms with Crippen molar-refractivity contribution >= 4 is 17.5 Å². The Balaban J connectivity index is 1.57. The second-order valence-electron chi connectivity index (χ2n) is 6.28. The summed E-state index contributed by atoms with van der Waals surface area (Å²) in [6, 6.07) is 11.9. The minimum absolute atomic E-state index is 0.145. The van der Waals surface area contributed by atoms with E-state index in [1.54, 1.807) is 35.1 Å². The van der Waals surface area contributed by atoms with Gasteiger partial charge in [0.2, 0.25) is 5.91 Å². The van der Waals surface area contributed by atoms with Crippen LogP contribution in [0.15, 0.2) is 60.9 Å². The Labute approximate surface area is 169 Å². The first-order chi connectivity index (χ1) is 14.2. The van der Waals surface area contributed by atoms with Crippen LogP contribution in [0, 0.1) is 0 Å². The van der Waals surface area contributed by atoms with Gasteiger partial charge in [-0.25, -0.2) is 4.68 Å². The van der Waals surface area contributed by atoms with Crippen LogP contribution in [0.25, 0.3) is 5.69 Å². The van der Waals surface area contributed by atoms with Crippen molar-refractivity contribution in [1.29, 1.82) is 0 Å². The quantitative estimate of drug-likeness (QED) is 0.640. The summed E-state index contributed by atoms with van der Waals surface area (Å²) in [4.78, 5) is 23.4. The molecule has 0 saturated heterocycles. The molecule has 156 valence electrons. The number of rotatable bonds is 6. The molecule has 7 nitrogen and oxygen atoms in total. The number of amides is 2. The number of aromatic nitrogens is 2. The monoisotopic (exact) mass is 418 g/mol. The molecule has 0 spiro atoms. The topological polar surface area (TPSA) is 85.2 Å². The third-order valence-corrected chi connectivity index (χ3v) is 3.91. The molecule has 2 N–H and O–H groups in total. The maximum Gasteiger partial charge on any atom is 0.573 e. The van der Waals surface area contributed by atoms with Gasteiger partial charge < -0.3 is 15.4 Å². The third kappa shape index (κ3) is 5.84. The van der Waals surface area contributed by atoms with Gasteiger partial charge in [-0.15, -0.1) is 13.2 Å². The van der Waals surface area contributed by atoms with E-state index in [4.69, 9.17) is 0 Å². The van der Waals surface area contributed by atoms with Gasteiger partial charge in [0.25, 0.3) is 5.91 Å². The first-order valence-electron chi connectivity index (χ1n) is 8.75. The summed E-state index contributed by atoms with van der Waals surface area (Å²) in [6.45, 7) is 1.54. The molecule has 0 saturated carbocycles. The first kappa shape index (κ1) is 20.9. The normalized spacial score (nSPS) is 11.1. The van der Waals surface area contributed by atoms with Crippen molar-refractivity contribution in [2.24, 2.45) is 0 Å². The van der Waals surface area contributed by atoms with E-state index in [9.17, 15) is 22.8 Å². The van der Waals surface area contributed by atoms with E-state index in [0.717, 1.165) is 0 Å². The van der Waals surface area contributed by atoms with E-state index >= 15 is 0 Å². The maximum absolute atomic E-state index is 12.3. The average Bonchev–Trinajstić information content (AvgIpc) is 3.14. The molecule has 30 heavy (non-hydrogen) atoms. The number of carbonyl (C=O) groups excluding carboxylic acids is 2. The first-order valence-corrected chi connectivity index (χ1v) is 8.75. The average molecular weight is 418 g/mol. The van der Waals surface area contributed by atoms with Crippen molar-refractivity contribution in [3.8, 4) is 11.4 Å². The van der Waals surface area contributed by atoms with Gasteiger partial charge >= 0.3 is 6.36 Å². The van der Waals surface area contributed by atoms with E-state index in [2.05, 4.69) is 20.5 Å². The predicted octanol–water partition coefficient (Wildman–Crippen LogP) is 3.66. The van der Waals surface area contributed by atoms with Crippen LogP contribution in [-0.4, -0.2) is 28.0 Å². The molecule has 0 bridgehead atoms. The van der Waals surface area contributed by atoms with Gasteiger partial charge in [0, 0.05) is 19.0 Å². The van der Waals surface area contributed by atoms with Crippen LogP contribution in [0.5, 0.6) is 5.75 Å². The smallest absolute Gasteiger partial charge is 0.406 e. The van der Waals surface area contributed by atoms with E-state index in [1.807, 2.05) is 0 Å². The number of anilines is 1. The highest BCUT2D eigenvalue weighted by Crippen LogP contribution is 2.22. The predicted molar refractivity (Wildman–Crippen MR) is 102 cm³/mol. The Morgan fingerprint density at radius 2 is 1.73 bits per heavy atom. The fraction of sp³-hybridized carbons (Fsp3) is 0.150. The standard InChI is InChI=1S/C20H17F3N4O3/c1-13(28)26-16-11-25-27(12-16)17-6-4-15(5-7-17)19(29)24-10-14-2-8-18(9-3-14)30-20(21,22)23/h2-9,11-12H,10H2,1H3,(H,24,29)(H,26,28). The van der Waals surface area contributed by atoms with Gasteiger partial charge in [0.1, 0.15) is 5.75 Å². The molecule has 0 aliphatic carbocycles.